The number of pyridine rings is 1. The Morgan fingerprint density at radius 2 is 1.95 bits per heavy atom. The molecule has 0 fully saturated rings. The molecule has 0 radical (unpaired) electrons. The summed E-state index contributed by atoms with van der Waals surface area (Å²) in [5.74, 6) is -0.122. The van der Waals surface area contributed by atoms with Gasteiger partial charge in [0.15, 0.2) is 5.75 Å². The van der Waals surface area contributed by atoms with E-state index in [4.69, 9.17) is 4.74 Å². The number of ether oxygens (including phenoxy) is 1. The number of nitrogens with zero attached hydrogens (tertiary/aromatic N) is 2. The SMILES string of the molecule is COc1c(-c2ccc(C(F)(F)F)c(=O)[nH]2)cnn(C)c1=O. The zero-order chi connectivity index (χ0) is 15.8. The second-order valence-corrected chi connectivity index (χ2v) is 4.13. The van der Waals surface area contributed by atoms with Gasteiger partial charge in [-0.25, -0.2) is 4.68 Å². The van der Waals surface area contributed by atoms with Crippen LogP contribution in [0.15, 0.2) is 27.9 Å². The predicted molar refractivity (Wildman–Crippen MR) is 67.1 cm³/mol. The average Bonchev–Trinajstić information content (AvgIpc) is 2.40. The van der Waals surface area contributed by atoms with Gasteiger partial charge >= 0.3 is 11.7 Å². The van der Waals surface area contributed by atoms with Crippen LogP contribution in [0.2, 0.25) is 0 Å². The van der Waals surface area contributed by atoms with Crippen molar-refractivity contribution in [3.63, 3.8) is 0 Å². The fraction of sp³-hybridized carbons (Fsp3) is 0.250. The van der Waals surface area contributed by atoms with E-state index in [2.05, 4.69) is 10.1 Å². The summed E-state index contributed by atoms with van der Waals surface area (Å²) in [6, 6.07) is 1.69. The summed E-state index contributed by atoms with van der Waals surface area (Å²) in [5.41, 5.74) is -3.08. The van der Waals surface area contributed by atoms with Crippen molar-refractivity contribution >= 4 is 0 Å². The van der Waals surface area contributed by atoms with Crippen LogP contribution in [0.4, 0.5) is 13.2 Å². The maximum atomic E-state index is 12.5. The zero-order valence-electron chi connectivity index (χ0n) is 11.0. The molecule has 1 N–H and O–H groups in total. The summed E-state index contributed by atoms with van der Waals surface area (Å²) >= 11 is 0. The van der Waals surface area contributed by atoms with Crippen molar-refractivity contribution in [2.45, 2.75) is 6.18 Å². The second-order valence-electron chi connectivity index (χ2n) is 4.13. The van der Waals surface area contributed by atoms with Gasteiger partial charge in [-0.15, -0.1) is 0 Å². The molecule has 0 saturated carbocycles. The van der Waals surface area contributed by atoms with E-state index >= 15 is 0 Å². The molecule has 112 valence electrons. The maximum absolute atomic E-state index is 12.5. The lowest BCUT2D eigenvalue weighted by atomic mass is 10.1. The number of hydrogen-bond donors (Lipinski definition) is 1. The summed E-state index contributed by atoms with van der Waals surface area (Å²) in [6.45, 7) is 0. The lowest BCUT2D eigenvalue weighted by molar-refractivity contribution is -0.138. The van der Waals surface area contributed by atoms with Crippen molar-refractivity contribution in [2.24, 2.45) is 7.05 Å². The van der Waals surface area contributed by atoms with Crippen LogP contribution in [0.1, 0.15) is 5.56 Å². The molecule has 2 aromatic rings. The average molecular weight is 301 g/mol. The largest absolute Gasteiger partial charge is 0.491 e. The van der Waals surface area contributed by atoms with Crippen molar-refractivity contribution < 1.29 is 17.9 Å². The van der Waals surface area contributed by atoms with Crippen LogP contribution < -0.4 is 15.9 Å². The van der Waals surface area contributed by atoms with Crippen molar-refractivity contribution in [1.29, 1.82) is 0 Å². The number of rotatable bonds is 2. The van der Waals surface area contributed by atoms with Gasteiger partial charge in [0.25, 0.3) is 5.56 Å². The Hall–Kier alpha value is -2.58. The van der Waals surface area contributed by atoms with Gasteiger partial charge < -0.3 is 9.72 Å². The first-order valence-electron chi connectivity index (χ1n) is 5.67. The van der Waals surface area contributed by atoms with Crippen LogP contribution in [0.3, 0.4) is 0 Å². The molecular weight excluding hydrogens is 291 g/mol. The molecule has 0 saturated heterocycles. The van der Waals surface area contributed by atoms with Crippen LogP contribution in [0, 0.1) is 0 Å². The van der Waals surface area contributed by atoms with Crippen molar-refractivity contribution in [2.75, 3.05) is 7.11 Å². The third kappa shape index (κ3) is 2.67. The van der Waals surface area contributed by atoms with Gasteiger partial charge in [0.05, 0.1) is 24.6 Å². The summed E-state index contributed by atoms with van der Waals surface area (Å²) in [7, 11) is 2.63. The smallest absolute Gasteiger partial charge is 0.421 e. The molecule has 0 aliphatic rings. The van der Waals surface area contributed by atoms with E-state index in [1.165, 1.54) is 20.4 Å². The maximum Gasteiger partial charge on any atom is 0.421 e. The number of halogens is 3. The lowest BCUT2D eigenvalue weighted by Crippen LogP contribution is -2.23. The van der Waals surface area contributed by atoms with Crippen molar-refractivity contribution in [3.8, 4) is 17.0 Å². The molecule has 9 heteroatoms. The van der Waals surface area contributed by atoms with Crippen LogP contribution >= 0.6 is 0 Å². The van der Waals surface area contributed by atoms with Gasteiger partial charge in [0.1, 0.15) is 5.56 Å². The van der Waals surface area contributed by atoms with Gasteiger partial charge in [0.2, 0.25) is 0 Å². The highest BCUT2D eigenvalue weighted by atomic mass is 19.4. The van der Waals surface area contributed by atoms with Crippen LogP contribution in [-0.4, -0.2) is 21.9 Å². The number of hydrogen-bond acceptors (Lipinski definition) is 4. The minimum absolute atomic E-state index is 0.00931. The van der Waals surface area contributed by atoms with Gasteiger partial charge in [0, 0.05) is 7.05 Å². The van der Waals surface area contributed by atoms with Crippen molar-refractivity contribution in [3.05, 3.63) is 44.6 Å². The van der Waals surface area contributed by atoms with Gasteiger partial charge in [-0.05, 0) is 12.1 Å². The third-order valence-corrected chi connectivity index (χ3v) is 2.80. The monoisotopic (exact) mass is 301 g/mol. The molecule has 0 bridgehead atoms. The normalized spacial score (nSPS) is 11.5. The molecule has 0 aliphatic carbocycles. The molecule has 0 amide bonds. The molecule has 21 heavy (non-hydrogen) atoms. The Balaban J connectivity index is 2.65. The molecular formula is C12H10F3N3O3. The Morgan fingerprint density at radius 1 is 1.29 bits per heavy atom. The van der Waals surface area contributed by atoms with Crippen LogP contribution in [-0.2, 0) is 13.2 Å². The highest BCUT2D eigenvalue weighted by Gasteiger charge is 2.34. The first-order valence-corrected chi connectivity index (χ1v) is 5.67. The molecule has 0 unspecified atom stereocenters. The quantitative estimate of drug-likeness (QED) is 0.903. The number of aromatic amines is 1. The third-order valence-electron chi connectivity index (χ3n) is 2.80. The topological polar surface area (TPSA) is 77.0 Å². The minimum Gasteiger partial charge on any atom is -0.491 e. The number of alkyl halides is 3. The van der Waals surface area contributed by atoms with E-state index in [0.29, 0.717) is 6.07 Å². The van der Waals surface area contributed by atoms with Gasteiger partial charge in [-0.2, -0.15) is 18.3 Å². The Kier molecular flexibility index (Phi) is 3.58. The Bertz CT molecular complexity index is 793. The number of aryl methyl sites for hydroxylation is 1. The van der Waals surface area contributed by atoms with E-state index in [0.717, 1.165) is 10.7 Å². The fourth-order valence-corrected chi connectivity index (χ4v) is 1.76. The summed E-state index contributed by atoms with van der Waals surface area (Å²) < 4.78 is 43.5. The molecule has 0 spiro atoms. The summed E-state index contributed by atoms with van der Waals surface area (Å²) in [5, 5.41) is 3.74. The Labute approximate surface area is 115 Å². The van der Waals surface area contributed by atoms with E-state index in [9.17, 15) is 22.8 Å². The number of nitrogens with one attached hydrogen (secondary N) is 1. The highest BCUT2D eigenvalue weighted by molar-refractivity contribution is 5.65. The number of aromatic nitrogens is 3. The summed E-state index contributed by atoms with van der Waals surface area (Å²) in [4.78, 5) is 25.4. The predicted octanol–water partition coefficient (Wildman–Crippen LogP) is 1.16. The van der Waals surface area contributed by atoms with Crippen molar-refractivity contribution in [1.82, 2.24) is 14.8 Å². The van der Waals surface area contributed by atoms with E-state index in [-0.39, 0.29) is 17.0 Å². The highest BCUT2D eigenvalue weighted by Crippen LogP contribution is 2.28. The van der Waals surface area contributed by atoms with Gasteiger partial charge in [-0.3, -0.25) is 9.59 Å². The van der Waals surface area contributed by atoms with Crippen LogP contribution in [0.25, 0.3) is 11.3 Å². The number of H-pyrrole nitrogens is 1. The zero-order valence-corrected chi connectivity index (χ0v) is 11.0. The first-order chi connectivity index (χ1) is 9.75. The molecule has 2 rings (SSSR count). The molecule has 2 aromatic heterocycles. The minimum atomic E-state index is -4.75. The molecule has 2 heterocycles. The molecule has 0 aromatic carbocycles. The van der Waals surface area contributed by atoms with E-state index < -0.39 is 22.9 Å². The standard InChI is InChI=1S/C12H10F3N3O3/c1-18-11(20)9(21-2)6(5-16-18)8-4-3-7(10(19)17-8)12(13,14)15/h3-5H,1-2H3,(H,17,19). The van der Waals surface area contributed by atoms with Crippen LogP contribution in [0.5, 0.6) is 5.75 Å². The first kappa shape index (κ1) is 14.8. The second kappa shape index (κ2) is 5.08. The molecule has 6 nitrogen and oxygen atoms in total. The summed E-state index contributed by atoms with van der Waals surface area (Å²) in [6.07, 6.45) is -3.53. The fourth-order valence-electron chi connectivity index (χ4n) is 1.76. The molecule has 0 aliphatic heterocycles. The Morgan fingerprint density at radius 3 is 2.48 bits per heavy atom. The lowest BCUT2D eigenvalue weighted by Gasteiger charge is -2.10. The van der Waals surface area contributed by atoms with E-state index in [1.807, 2.05) is 0 Å². The van der Waals surface area contributed by atoms with Gasteiger partial charge in [-0.1, -0.05) is 0 Å². The number of methoxy groups -OCH3 is 1. The molecule has 0 atom stereocenters. The van der Waals surface area contributed by atoms with E-state index in [1.54, 1.807) is 0 Å².